The smallest absolute Gasteiger partial charge is 0.416 e. The van der Waals surface area contributed by atoms with Gasteiger partial charge < -0.3 is 19.4 Å². The number of carbonyl (C=O) groups is 1. The molecular weight excluding hydrogens is 540 g/mol. The fourth-order valence-corrected chi connectivity index (χ4v) is 4.40. The molecule has 214 valence electrons. The van der Waals surface area contributed by atoms with E-state index in [1.54, 1.807) is 24.3 Å². The lowest BCUT2D eigenvalue weighted by molar-refractivity contribution is -0.143. The van der Waals surface area contributed by atoms with E-state index in [1.165, 1.54) is 20.4 Å². The fourth-order valence-electron chi connectivity index (χ4n) is 4.40. The van der Waals surface area contributed by atoms with E-state index in [1.807, 2.05) is 11.9 Å². The average molecular weight is 568 g/mol. The number of amides is 1. The van der Waals surface area contributed by atoms with Crippen molar-refractivity contribution in [3.8, 4) is 17.0 Å². The van der Waals surface area contributed by atoms with Crippen molar-refractivity contribution in [1.29, 1.82) is 0 Å². The molecule has 4 rings (SSSR count). The maximum absolute atomic E-state index is 13.6. The summed E-state index contributed by atoms with van der Waals surface area (Å²) in [5, 5.41) is 0. The lowest BCUT2D eigenvalue weighted by Gasteiger charge is -2.32. The number of benzene rings is 2. The number of hydrogen-bond donors (Lipinski definition) is 0. The van der Waals surface area contributed by atoms with E-state index in [0.717, 1.165) is 18.0 Å². The van der Waals surface area contributed by atoms with E-state index in [2.05, 4.69) is 14.9 Å². The third-order valence-electron chi connectivity index (χ3n) is 6.57. The molecule has 0 unspecified atom stereocenters. The molecule has 7 nitrogen and oxygen atoms in total. The molecule has 0 atom stereocenters. The quantitative estimate of drug-likeness (QED) is 0.381. The van der Waals surface area contributed by atoms with Crippen LogP contribution in [0.1, 0.15) is 27.0 Å². The first-order valence-corrected chi connectivity index (χ1v) is 12.3. The van der Waals surface area contributed by atoms with Gasteiger partial charge in [0.2, 0.25) is 5.95 Å². The van der Waals surface area contributed by atoms with Crippen molar-refractivity contribution in [3.05, 3.63) is 70.9 Å². The minimum absolute atomic E-state index is 0.0212. The number of alkyl halides is 6. The van der Waals surface area contributed by atoms with Gasteiger partial charge in [-0.3, -0.25) is 4.79 Å². The first-order valence-electron chi connectivity index (χ1n) is 12.3. The van der Waals surface area contributed by atoms with Crippen LogP contribution in [0, 0.1) is 0 Å². The van der Waals surface area contributed by atoms with Gasteiger partial charge in [0, 0.05) is 51.5 Å². The Bertz CT molecular complexity index is 1340. The van der Waals surface area contributed by atoms with Gasteiger partial charge in [0.25, 0.3) is 5.91 Å². The lowest BCUT2D eigenvalue weighted by atomic mass is 10.0. The van der Waals surface area contributed by atoms with Crippen LogP contribution in [-0.4, -0.2) is 73.1 Å². The number of piperazine rings is 1. The Morgan fingerprint density at radius 2 is 1.57 bits per heavy atom. The monoisotopic (exact) mass is 567 g/mol. The van der Waals surface area contributed by atoms with Gasteiger partial charge in [0.15, 0.2) is 0 Å². The lowest BCUT2D eigenvalue weighted by Crippen LogP contribution is -2.45. The second-order valence-corrected chi connectivity index (χ2v) is 9.50. The molecule has 1 amide bonds. The third kappa shape index (κ3) is 6.46. The van der Waals surface area contributed by atoms with Crippen LogP contribution in [0.2, 0.25) is 0 Å². The molecule has 1 aliphatic heterocycles. The molecule has 13 heteroatoms. The van der Waals surface area contributed by atoms with Crippen molar-refractivity contribution in [1.82, 2.24) is 19.8 Å². The Hall–Kier alpha value is -3.87. The number of rotatable bonds is 6. The molecule has 3 aromatic rings. The minimum Gasteiger partial charge on any atom is -0.496 e. The van der Waals surface area contributed by atoms with Crippen LogP contribution >= 0.6 is 0 Å². The molecule has 1 aromatic heterocycles. The average Bonchev–Trinajstić information content (AvgIpc) is 2.91. The van der Waals surface area contributed by atoms with Gasteiger partial charge in [0.05, 0.1) is 29.5 Å². The highest BCUT2D eigenvalue weighted by Gasteiger charge is 2.37. The predicted octanol–water partition coefficient (Wildman–Crippen LogP) is 5.21. The molecule has 0 N–H and O–H groups in total. The van der Waals surface area contributed by atoms with Crippen LogP contribution in [-0.2, 0) is 18.9 Å². The topological polar surface area (TPSA) is 61.8 Å². The number of anilines is 1. The Labute approximate surface area is 227 Å². The zero-order valence-corrected chi connectivity index (χ0v) is 22.0. The summed E-state index contributed by atoms with van der Waals surface area (Å²) in [7, 11) is 4.75. The number of hydrogen-bond acceptors (Lipinski definition) is 6. The molecular formula is C27H27F6N5O2. The van der Waals surface area contributed by atoms with Crippen LogP contribution in [0.5, 0.6) is 5.75 Å². The number of para-hydroxylation sites is 1. The zero-order valence-electron chi connectivity index (χ0n) is 22.0. The molecule has 0 saturated carbocycles. The molecule has 1 aliphatic rings. The van der Waals surface area contributed by atoms with E-state index in [4.69, 9.17) is 4.74 Å². The molecule has 0 bridgehead atoms. The van der Waals surface area contributed by atoms with Crippen molar-refractivity contribution in [2.75, 3.05) is 52.3 Å². The first kappa shape index (κ1) is 29.1. The second-order valence-electron chi connectivity index (χ2n) is 9.50. The number of nitrogens with zero attached hydrogens (tertiary/aromatic N) is 5. The third-order valence-corrected chi connectivity index (χ3v) is 6.57. The maximum atomic E-state index is 13.6. The summed E-state index contributed by atoms with van der Waals surface area (Å²) >= 11 is 0. The summed E-state index contributed by atoms with van der Waals surface area (Å²) < 4.78 is 85.5. The molecule has 40 heavy (non-hydrogen) atoms. The zero-order chi connectivity index (χ0) is 29.2. The van der Waals surface area contributed by atoms with Gasteiger partial charge in [-0.25, -0.2) is 9.97 Å². The number of aromatic nitrogens is 2. The van der Waals surface area contributed by atoms with Crippen LogP contribution in [0.4, 0.5) is 32.3 Å². The minimum atomic E-state index is -5.00. The molecule has 2 aromatic carbocycles. The summed E-state index contributed by atoms with van der Waals surface area (Å²) in [6.07, 6.45) is -8.67. The standard InChI is InChI=1S/C27H27F6N5O2/c1-36-8-10-38(11-9-36)25-34-15-21(23(35-25)20-6-4-5-7-22(20)40-3)24(39)37(2)16-17-12-18(26(28,29)30)14-19(13-17)27(31,32)33/h4-7,12-15H,8-11,16H2,1-3H3. The number of ether oxygens (including phenoxy) is 1. The number of methoxy groups -OCH3 is 1. The van der Waals surface area contributed by atoms with Gasteiger partial charge in [0.1, 0.15) is 5.75 Å². The summed E-state index contributed by atoms with van der Waals surface area (Å²) in [6, 6.07) is 8.12. The van der Waals surface area contributed by atoms with Gasteiger partial charge in [-0.1, -0.05) is 12.1 Å². The van der Waals surface area contributed by atoms with E-state index in [9.17, 15) is 31.1 Å². The van der Waals surface area contributed by atoms with Crippen LogP contribution in [0.3, 0.4) is 0 Å². The van der Waals surface area contributed by atoms with Crippen molar-refractivity contribution in [3.63, 3.8) is 0 Å². The highest BCUT2D eigenvalue weighted by atomic mass is 19.4. The van der Waals surface area contributed by atoms with Crippen LogP contribution < -0.4 is 9.64 Å². The highest BCUT2D eigenvalue weighted by molar-refractivity contribution is 6.00. The summed E-state index contributed by atoms with van der Waals surface area (Å²) in [5.74, 6) is 0.132. The molecule has 1 saturated heterocycles. The Kier molecular flexibility index (Phi) is 8.24. The van der Waals surface area contributed by atoms with Gasteiger partial charge in [-0.2, -0.15) is 26.3 Å². The summed E-state index contributed by atoms with van der Waals surface area (Å²) in [4.78, 5) is 27.8. The summed E-state index contributed by atoms with van der Waals surface area (Å²) in [5.41, 5.74) is -2.49. The van der Waals surface area contributed by atoms with Crippen molar-refractivity contribution in [2.24, 2.45) is 0 Å². The van der Waals surface area contributed by atoms with Crippen LogP contribution in [0.25, 0.3) is 11.3 Å². The predicted molar refractivity (Wildman–Crippen MR) is 136 cm³/mol. The first-order chi connectivity index (χ1) is 18.8. The van der Waals surface area contributed by atoms with E-state index in [0.29, 0.717) is 42.5 Å². The molecule has 1 fully saturated rings. The highest BCUT2D eigenvalue weighted by Crippen LogP contribution is 2.37. The van der Waals surface area contributed by atoms with E-state index < -0.39 is 35.9 Å². The number of likely N-dealkylation sites (N-methyl/N-ethyl adjacent to an activating group) is 1. The molecule has 0 aliphatic carbocycles. The second kappa shape index (κ2) is 11.3. The Morgan fingerprint density at radius 3 is 2.15 bits per heavy atom. The SMILES string of the molecule is COc1ccccc1-c1nc(N2CCN(C)CC2)ncc1C(=O)N(C)Cc1cc(C(F)(F)F)cc(C(F)(F)F)c1. The maximum Gasteiger partial charge on any atom is 0.416 e. The van der Waals surface area contributed by atoms with E-state index >= 15 is 0 Å². The fraction of sp³-hybridized carbons (Fsp3) is 0.370. The number of halogens is 6. The van der Waals surface area contributed by atoms with Crippen molar-refractivity contribution >= 4 is 11.9 Å². The number of carbonyl (C=O) groups excluding carboxylic acids is 1. The van der Waals surface area contributed by atoms with E-state index in [-0.39, 0.29) is 22.9 Å². The van der Waals surface area contributed by atoms with Crippen molar-refractivity contribution in [2.45, 2.75) is 18.9 Å². The van der Waals surface area contributed by atoms with Gasteiger partial charge in [-0.05, 0) is 42.9 Å². The van der Waals surface area contributed by atoms with Crippen LogP contribution in [0.15, 0.2) is 48.7 Å². The largest absolute Gasteiger partial charge is 0.496 e. The van der Waals surface area contributed by atoms with Gasteiger partial charge >= 0.3 is 12.4 Å². The van der Waals surface area contributed by atoms with Crippen molar-refractivity contribution < 1.29 is 35.9 Å². The normalized spacial score (nSPS) is 14.8. The molecule has 2 heterocycles. The van der Waals surface area contributed by atoms with Gasteiger partial charge in [-0.15, -0.1) is 0 Å². The molecule has 0 spiro atoms. The molecule has 0 radical (unpaired) electrons. The Morgan fingerprint density at radius 1 is 0.975 bits per heavy atom. The summed E-state index contributed by atoms with van der Waals surface area (Å²) in [6.45, 7) is 2.37. The Balaban J connectivity index is 1.72.